The zero-order valence-corrected chi connectivity index (χ0v) is 13.3. The van der Waals surface area contributed by atoms with Crippen LogP contribution in [-0.4, -0.2) is 41.9 Å². The molecule has 1 aromatic rings. The average Bonchev–Trinajstić information content (AvgIpc) is 2.83. The Hall–Kier alpha value is -2.35. The summed E-state index contributed by atoms with van der Waals surface area (Å²) in [4.78, 5) is 36.0. The van der Waals surface area contributed by atoms with Crippen LogP contribution in [0.15, 0.2) is 11.0 Å². The molecule has 23 heavy (non-hydrogen) atoms. The second-order valence-corrected chi connectivity index (χ2v) is 5.32. The number of nitrogens with one attached hydrogen (secondary N) is 1. The number of aromatic hydroxyl groups is 1. The molecule has 8 nitrogen and oxygen atoms in total. The summed E-state index contributed by atoms with van der Waals surface area (Å²) in [5, 5.41) is 12.8. The van der Waals surface area contributed by atoms with Gasteiger partial charge in [0.25, 0.3) is 5.91 Å². The van der Waals surface area contributed by atoms with E-state index in [0.29, 0.717) is 13.0 Å². The molecule has 0 aliphatic carbocycles. The molecule has 2 heterocycles. The smallest absolute Gasteiger partial charge is 0.343 e. The van der Waals surface area contributed by atoms with Crippen LogP contribution >= 0.6 is 0 Å². The monoisotopic (exact) mass is 324 g/mol. The summed E-state index contributed by atoms with van der Waals surface area (Å²) in [6.45, 7) is 4.44. The fourth-order valence-electron chi connectivity index (χ4n) is 2.59. The minimum atomic E-state index is -0.963. The van der Waals surface area contributed by atoms with Crippen LogP contribution < -0.4 is 10.7 Å². The number of amides is 1. The van der Waals surface area contributed by atoms with Crippen LogP contribution in [0.5, 0.6) is 5.75 Å². The third kappa shape index (κ3) is 2.70. The van der Waals surface area contributed by atoms with Crippen molar-refractivity contribution in [3.8, 4) is 5.75 Å². The number of hydrogen-bond acceptors (Lipinski definition) is 6. The van der Waals surface area contributed by atoms with Crippen LogP contribution in [-0.2, 0) is 15.1 Å². The second kappa shape index (κ2) is 6.41. The summed E-state index contributed by atoms with van der Waals surface area (Å²) in [7, 11) is 1.14. The molecule has 2 N–H and O–H groups in total. The topological polar surface area (TPSA) is 107 Å². The molecule has 2 rings (SSSR count). The normalized spacial score (nSPS) is 19.3. The highest BCUT2D eigenvalue weighted by atomic mass is 16.5. The number of esters is 1. The number of pyridine rings is 1. The zero-order chi connectivity index (χ0) is 17.2. The van der Waals surface area contributed by atoms with E-state index < -0.39 is 28.7 Å². The number of carbonyl (C=O) groups is 2. The van der Waals surface area contributed by atoms with E-state index in [-0.39, 0.29) is 17.9 Å². The molecule has 1 aliphatic heterocycles. The molecular weight excluding hydrogens is 304 g/mol. The van der Waals surface area contributed by atoms with Gasteiger partial charge in [-0.25, -0.2) is 4.79 Å². The standard InChI is InChI=1S/C15H20N2O6/c1-4-6-23-8-15(5-2)16-13(20)10-12(19)11(18)9(7-17(10)15)14(21)22-3/h7,19H,4-6,8H2,1-3H3,(H,16,20). The van der Waals surface area contributed by atoms with E-state index in [0.717, 1.165) is 13.5 Å². The summed E-state index contributed by atoms with van der Waals surface area (Å²) in [5.41, 5.74) is -2.40. The summed E-state index contributed by atoms with van der Waals surface area (Å²) >= 11 is 0. The Labute approximate surface area is 133 Å². The van der Waals surface area contributed by atoms with Gasteiger partial charge in [0.1, 0.15) is 11.2 Å². The van der Waals surface area contributed by atoms with Gasteiger partial charge < -0.3 is 24.5 Å². The van der Waals surface area contributed by atoms with Gasteiger partial charge >= 0.3 is 5.97 Å². The molecule has 0 saturated heterocycles. The second-order valence-electron chi connectivity index (χ2n) is 5.32. The molecular formula is C15H20N2O6. The van der Waals surface area contributed by atoms with Gasteiger partial charge in [0, 0.05) is 12.8 Å². The fraction of sp³-hybridized carbons (Fsp3) is 0.533. The Morgan fingerprint density at radius 3 is 2.65 bits per heavy atom. The molecule has 0 spiro atoms. The third-order valence-corrected chi connectivity index (χ3v) is 3.89. The van der Waals surface area contributed by atoms with Crippen molar-refractivity contribution < 1.29 is 24.2 Å². The van der Waals surface area contributed by atoms with E-state index in [1.165, 1.54) is 10.8 Å². The number of carbonyl (C=O) groups excluding carboxylic acids is 2. The van der Waals surface area contributed by atoms with Gasteiger partial charge in [-0.1, -0.05) is 13.8 Å². The van der Waals surface area contributed by atoms with Crippen LogP contribution in [0.2, 0.25) is 0 Å². The highest BCUT2D eigenvalue weighted by Gasteiger charge is 2.44. The lowest BCUT2D eigenvalue weighted by molar-refractivity contribution is 0.0353. The minimum absolute atomic E-state index is 0.152. The summed E-state index contributed by atoms with van der Waals surface area (Å²) in [5.74, 6) is -2.23. The van der Waals surface area contributed by atoms with E-state index in [9.17, 15) is 19.5 Å². The number of nitrogens with zero attached hydrogens (tertiary/aromatic N) is 1. The van der Waals surface area contributed by atoms with Gasteiger partial charge in [-0.05, 0) is 12.8 Å². The summed E-state index contributed by atoms with van der Waals surface area (Å²) < 4.78 is 11.5. The average molecular weight is 324 g/mol. The summed E-state index contributed by atoms with van der Waals surface area (Å²) in [6.07, 6.45) is 2.49. The van der Waals surface area contributed by atoms with Crippen molar-refractivity contribution in [3.63, 3.8) is 0 Å². The lowest BCUT2D eigenvalue weighted by Crippen LogP contribution is -2.47. The first kappa shape index (κ1) is 17.0. The molecule has 126 valence electrons. The van der Waals surface area contributed by atoms with Crippen LogP contribution in [0, 0.1) is 0 Å². The molecule has 0 saturated carbocycles. The quantitative estimate of drug-likeness (QED) is 0.585. The van der Waals surface area contributed by atoms with E-state index in [2.05, 4.69) is 10.1 Å². The highest BCUT2D eigenvalue weighted by molar-refractivity contribution is 5.99. The minimum Gasteiger partial charge on any atom is -0.503 e. The van der Waals surface area contributed by atoms with E-state index in [1.807, 2.05) is 13.8 Å². The highest BCUT2D eigenvalue weighted by Crippen LogP contribution is 2.31. The van der Waals surface area contributed by atoms with Crippen LogP contribution in [0.4, 0.5) is 0 Å². The van der Waals surface area contributed by atoms with Crippen molar-refractivity contribution in [1.29, 1.82) is 0 Å². The van der Waals surface area contributed by atoms with Crippen molar-refractivity contribution in [3.05, 3.63) is 27.7 Å². The Morgan fingerprint density at radius 2 is 2.09 bits per heavy atom. The molecule has 1 aliphatic rings. The van der Waals surface area contributed by atoms with Crippen molar-refractivity contribution >= 4 is 11.9 Å². The number of methoxy groups -OCH3 is 1. The number of hydrogen-bond donors (Lipinski definition) is 2. The number of ether oxygens (including phenoxy) is 2. The van der Waals surface area contributed by atoms with Crippen molar-refractivity contribution in [2.75, 3.05) is 20.3 Å². The lowest BCUT2D eigenvalue weighted by atomic mass is 10.1. The van der Waals surface area contributed by atoms with Gasteiger partial charge in [0.15, 0.2) is 11.4 Å². The van der Waals surface area contributed by atoms with E-state index in [4.69, 9.17) is 4.74 Å². The van der Waals surface area contributed by atoms with Crippen molar-refractivity contribution in [2.45, 2.75) is 32.4 Å². The predicted octanol–water partition coefficient (Wildman–Crippen LogP) is 0.573. The molecule has 1 aromatic heterocycles. The maximum atomic E-state index is 12.2. The Kier molecular flexibility index (Phi) is 4.74. The van der Waals surface area contributed by atoms with E-state index in [1.54, 1.807) is 0 Å². The maximum Gasteiger partial charge on any atom is 0.343 e. The number of fused-ring (bicyclic) bond motifs is 1. The first-order valence-electron chi connectivity index (χ1n) is 7.39. The van der Waals surface area contributed by atoms with Gasteiger partial charge in [0.05, 0.1) is 13.7 Å². The Bertz CT molecular complexity index is 696. The van der Waals surface area contributed by atoms with Gasteiger partial charge in [-0.3, -0.25) is 9.59 Å². The predicted molar refractivity (Wildman–Crippen MR) is 80.5 cm³/mol. The van der Waals surface area contributed by atoms with Gasteiger partial charge in [-0.15, -0.1) is 0 Å². The van der Waals surface area contributed by atoms with Crippen molar-refractivity contribution in [2.24, 2.45) is 0 Å². The van der Waals surface area contributed by atoms with Gasteiger partial charge in [-0.2, -0.15) is 0 Å². The first-order chi connectivity index (χ1) is 10.9. The third-order valence-electron chi connectivity index (χ3n) is 3.89. The molecule has 0 aromatic carbocycles. The molecule has 1 unspecified atom stereocenters. The maximum absolute atomic E-state index is 12.2. The Morgan fingerprint density at radius 1 is 1.39 bits per heavy atom. The fourth-order valence-corrected chi connectivity index (χ4v) is 2.59. The van der Waals surface area contributed by atoms with Crippen LogP contribution in [0.25, 0.3) is 0 Å². The number of rotatable bonds is 6. The molecule has 0 fully saturated rings. The largest absolute Gasteiger partial charge is 0.503 e. The molecule has 0 radical (unpaired) electrons. The molecule has 8 heteroatoms. The van der Waals surface area contributed by atoms with Crippen molar-refractivity contribution in [1.82, 2.24) is 9.88 Å². The molecule has 0 bridgehead atoms. The van der Waals surface area contributed by atoms with Gasteiger partial charge in [0.2, 0.25) is 5.43 Å². The first-order valence-corrected chi connectivity index (χ1v) is 7.39. The molecule has 1 amide bonds. The van der Waals surface area contributed by atoms with Crippen LogP contribution in [0.1, 0.15) is 47.5 Å². The molecule has 1 atom stereocenters. The Balaban J connectivity index is 2.61. The SMILES string of the molecule is CCCOCC1(CC)NC(=O)c2c(O)c(=O)c(C(=O)OC)cn21. The van der Waals surface area contributed by atoms with E-state index >= 15 is 0 Å². The lowest BCUT2D eigenvalue weighted by Gasteiger charge is -2.31. The van der Waals surface area contributed by atoms with Crippen LogP contribution in [0.3, 0.4) is 0 Å². The number of aromatic nitrogens is 1. The zero-order valence-electron chi connectivity index (χ0n) is 13.3. The summed E-state index contributed by atoms with van der Waals surface area (Å²) in [6, 6.07) is 0.